The zero-order chi connectivity index (χ0) is 14.0. The van der Waals surface area contributed by atoms with Gasteiger partial charge < -0.3 is 4.90 Å². The quantitative estimate of drug-likeness (QED) is 0.807. The highest BCUT2D eigenvalue weighted by molar-refractivity contribution is 7.91. The van der Waals surface area contributed by atoms with E-state index in [1.54, 1.807) is 31.3 Å². The van der Waals surface area contributed by atoms with Gasteiger partial charge >= 0.3 is 0 Å². The molecule has 1 unspecified atom stereocenters. The molecule has 1 amide bonds. The molecule has 1 heterocycles. The van der Waals surface area contributed by atoms with Crippen LogP contribution in [0.2, 0.25) is 0 Å². The molecular formula is C13H14N2O3S. The molecule has 1 aliphatic heterocycles. The van der Waals surface area contributed by atoms with Crippen LogP contribution in [0, 0.1) is 17.2 Å². The zero-order valence-corrected chi connectivity index (χ0v) is 11.4. The maximum atomic E-state index is 12.2. The number of carbonyl (C=O) groups excluding carboxylic acids is 1. The van der Waals surface area contributed by atoms with Crippen LogP contribution in [-0.2, 0) is 14.6 Å². The van der Waals surface area contributed by atoms with Crippen molar-refractivity contribution in [3.05, 3.63) is 29.8 Å². The highest BCUT2D eigenvalue weighted by atomic mass is 32.2. The molecular weight excluding hydrogens is 264 g/mol. The smallest absolute Gasteiger partial charge is 0.230 e. The minimum atomic E-state index is -3.07. The highest BCUT2D eigenvalue weighted by Gasteiger charge is 2.34. The van der Waals surface area contributed by atoms with Crippen LogP contribution >= 0.6 is 0 Å². The maximum absolute atomic E-state index is 12.2. The van der Waals surface area contributed by atoms with E-state index < -0.39 is 15.8 Å². The van der Waals surface area contributed by atoms with Gasteiger partial charge in [0.25, 0.3) is 0 Å². The van der Waals surface area contributed by atoms with Gasteiger partial charge in [0.15, 0.2) is 9.84 Å². The van der Waals surface area contributed by atoms with Crippen molar-refractivity contribution in [1.29, 1.82) is 5.26 Å². The first kappa shape index (κ1) is 13.6. The summed E-state index contributed by atoms with van der Waals surface area (Å²) in [6.07, 6.45) is 0.378. The van der Waals surface area contributed by atoms with Gasteiger partial charge in [-0.15, -0.1) is 0 Å². The molecule has 100 valence electrons. The van der Waals surface area contributed by atoms with Crippen LogP contribution in [-0.4, -0.2) is 32.9 Å². The lowest BCUT2D eigenvalue weighted by molar-refractivity contribution is -0.121. The average molecular weight is 278 g/mol. The lowest BCUT2D eigenvalue weighted by atomic mass is 10.1. The first-order chi connectivity index (χ1) is 8.93. The number of amides is 1. The van der Waals surface area contributed by atoms with E-state index in [2.05, 4.69) is 0 Å². The molecule has 19 heavy (non-hydrogen) atoms. The van der Waals surface area contributed by atoms with Gasteiger partial charge in [-0.2, -0.15) is 5.26 Å². The molecule has 1 fully saturated rings. The molecule has 1 aliphatic rings. The molecule has 6 heteroatoms. The summed E-state index contributed by atoms with van der Waals surface area (Å²) in [4.78, 5) is 13.6. The van der Waals surface area contributed by atoms with E-state index in [0.29, 0.717) is 17.7 Å². The predicted molar refractivity (Wildman–Crippen MR) is 71.3 cm³/mol. The number of sulfone groups is 1. The summed E-state index contributed by atoms with van der Waals surface area (Å²) < 4.78 is 22.8. The second-order valence-corrected chi connectivity index (χ2v) is 6.89. The minimum absolute atomic E-state index is 0.0753. The molecule has 2 rings (SSSR count). The second-order valence-electron chi connectivity index (χ2n) is 4.66. The SMILES string of the molecule is CN(C(=O)C1CCS(=O)(=O)C1)c1cccc(C#N)c1. The number of benzene rings is 1. The lowest BCUT2D eigenvalue weighted by Crippen LogP contribution is -2.33. The third-order valence-electron chi connectivity index (χ3n) is 3.27. The van der Waals surface area contributed by atoms with Crippen LogP contribution in [0.15, 0.2) is 24.3 Å². The largest absolute Gasteiger partial charge is 0.315 e. The van der Waals surface area contributed by atoms with Crippen LogP contribution in [0.4, 0.5) is 5.69 Å². The van der Waals surface area contributed by atoms with Gasteiger partial charge in [-0.3, -0.25) is 4.79 Å². The van der Waals surface area contributed by atoms with E-state index in [4.69, 9.17) is 5.26 Å². The number of anilines is 1. The van der Waals surface area contributed by atoms with Crippen molar-refractivity contribution >= 4 is 21.4 Å². The van der Waals surface area contributed by atoms with Gasteiger partial charge in [0.05, 0.1) is 29.1 Å². The van der Waals surface area contributed by atoms with Crippen LogP contribution < -0.4 is 4.90 Å². The van der Waals surface area contributed by atoms with Gasteiger partial charge in [0.2, 0.25) is 5.91 Å². The summed E-state index contributed by atoms with van der Waals surface area (Å²) in [7, 11) is -1.47. The Morgan fingerprint density at radius 2 is 2.21 bits per heavy atom. The lowest BCUT2D eigenvalue weighted by Gasteiger charge is -2.20. The third kappa shape index (κ3) is 2.93. The van der Waals surface area contributed by atoms with E-state index in [9.17, 15) is 13.2 Å². The Kier molecular flexibility index (Phi) is 3.58. The Balaban J connectivity index is 2.18. The van der Waals surface area contributed by atoms with Gasteiger partial charge in [-0.1, -0.05) is 6.07 Å². The summed E-state index contributed by atoms with van der Waals surface area (Å²) in [6.45, 7) is 0. The summed E-state index contributed by atoms with van der Waals surface area (Å²) in [5.74, 6) is -0.680. The van der Waals surface area contributed by atoms with Crippen molar-refractivity contribution in [3.8, 4) is 6.07 Å². The zero-order valence-electron chi connectivity index (χ0n) is 10.5. The Bertz CT molecular complexity index is 646. The van der Waals surface area contributed by atoms with Crippen molar-refractivity contribution in [2.24, 2.45) is 5.92 Å². The molecule has 5 nitrogen and oxygen atoms in total. The Labute approximate surface area is 112 Å². The topological polar surface area (TPSA) is 78.2 Å². The molecule has 0 N–H and O–H groups in total. The molecule has 1 saturated heterocycles. The van der Waals surface area contributed by atoms with Crippen LogP contribution in [0.1, 0.15) is 12.0 Å². The van der Waals surface area contributed by atoms with Gasteiger partial charge in [-0.05, 0) is 24.6 Å². The summed E-state index contributed by atoms with van der Waals surface area (Å²) in [6, 6.07) is 8.70. The van der Waals surface area contributed by atoms with E-state index in [1.807, 2.05) is 6.07 Å². The molecule has 0 bridgehead atoms. The number of rotatable bonds is 2. The maximum Gasteiger partial charge on any atom is 0.230 e. The van der Waals surface area contributed by atoms with Crippen LogP contribution in [0.5, 0.6) is 0 Å². The summed E-state index contributed by atoms with van der Waals surface area (Å²) >= 11 is 0. The van der Waals surface area contributed by atoms with E-state index >= 15 is 0 Å². The first-order valence-electron chi connectivity index (χ1n) is 5.91. The summed E-state index contributed by atoms with van der Waals surface area (Å²) in [5, 5.41) is 8.83. The van der Waals surface area contributed by atoms with Crippen LogP contribution in [0.25, 0.3) is 0 Å². The van der Waals surface area contributed by atoms with E-state index in [1.165, 1.54) is 4.90 Å². The van der Waals surface area contributed by atoms with Gasteiger partial charge in [-0.25, -0.2) is 8.42 Å². The monoisotopic (exact) mass is 278 g/mol. The molecule has 1 aromatic rings. The number of nitrogens with zero attached hydrogens (tertiary/aromatic N) is 2. The molecule has 0 aromatic heterocycles. The highest BCUT2D eigenvalue weighted by Crippen LogP contribution is 2.23. The number of nitriles is 1. The molecule has 1 aromatic carbocycles. The van der Waals surface area contributed by atoms with Crippen molar-refractivity contribution in [3.63, 3.8) is 0 Å². The van der Waals surface area contributed by atoms with Crippen LogP contribution in [0.3, 0.4) is 0 Å². The fourth-order valence-electron chi connectivity index (χ4n) is 2.17. The Morgan fingerprint density at radius 3 is 2.79 bits per heavy atom. The molecule has 1 atom stereocenters. The van der Waals surface area contributed by atoms with E-state index in [0.717, 1.165) is 0 Å². The second kappa shape index (κ2) is 5.02. The average Bonchev–Trinajstić information content (AvgIpc) is 2.77. The van der Waals surface area contributed by atoms with Crippen molar-refractivity contribution < 1.29 is 13.2 Å². The standard InChI is InChI=1S/C13H14N2O3S/c1-15(12-4-2-3-10(7-12)8-14)13(16)11-5-6-19(17,18)9-11/h2-4,7,11H,5-6,9H2,1H3. The number of carbonyl (C=O) groups is 1. The Morgan fingerprint density at radius 1 is 1.47 bits per heavy atom. The molecule has 0 saturated carbocycles. The molecule has 0 aliphatic carbocycles. The van der Waals surface area contributed by atoms with Gasteiger partial charge in [0.1, 0.15) is 0 Å². The van der Waals surface area contributed by atoms with Crippen molar-refractivity contribution in [2.75, 3.05) is 23.5 Å². The normalized spacial score (nSPS) is 20.7. The number of hydrogen-bond donors (Lipinski definition) is 0. The minimum Gasteiger partial charge on any atom is -0.315 e. The molecule has 0 spiro atoms. The Hall–Kier alpha value is -1.87. The van der Waals surface area contributed by atoms with Gasteiger partial charge in [0, 0.05) is 12.7 Å². The van der Waals surface area contributed by atoms with Crippen molar-refractivity contribution in [2.45, 2.75) is 6.42 Å². The summed E-state index contributed by atoms with van der Waals surface area (Å²) in [5.41, 5.74) is 1.07. The van der Waals surface area contributed by atoms with Crippen molar-refractivity contribution in [1.82, 2.24) is 0 Å². The van der Waals surface area contributed by atoms with E-state index in [-0.39, 0.29) is 17.4 Å². The molecule has 0 radical (unpaired) electrons. The third-order valence-corrected chi connectivity index (χ3v) is 5.04. The number of hydrogen-bond acceptors (Lipinski definition) is 4. The fraction of sp³-hybridized carbons (Fsp3) is 0.385. The predicted octanol–water partition coefficient (Wildman–Crippen LogP) is 0.956. The first-order valence-corrected chi connectivity index (χ1v) is 7.73. The fourth-order valence-corrected chi connectivity index (χ4v) is 3.91.